The molecule has 2 heteroatoms. The summed E-state index contributed by atoms with van der Waals surface area (Å²) >= 11 is 0. The number of para-hydroxylation sites is 1. The lowest BCUT2D eigenvalue weighted by molar-refractivity contribution is -0.118. The monoisotopic (exact) mass is 277 g/mol. The second-order valence-corrected chi connectivity index (χ2v) is 5.40. The lowest BCUT2D eigenvalue weighted by Crippen LogP contribution is -2.31. The fourth-order valence-electron chi connectivity index (χ4n) is 2.92. The van der Waals surface area contributed by atoms with Gasteiger partial charge in [0.1, 0.15) is 0 Å². The Morgan fingerprint density at radius 1 is 1.10 bits per heavy atom. The van der Waals surface area contributed by atoms with Crippen LogP contribution in [0.15, 0.2) is 55.1 Å². The first-order valence-electron chi connectivity index (χ1n) is 7.35. The minimum Gasteiger partial charge on any atom is -0.308 e. The fraction of sp³-hybridized carbons (Fsp3) is 0.211. The molecule has 0 saturated heterocycles. The van der Waals surface area contributed by atoms with E-state index < -0.39 is 0 Å². The number of fused-ring (bicyclic) bond motifs is 2. The van der Waals surface area contributed by atoms with Gasteiger partial charge in [-0.1, -0.05) is 56.0 Å². The van der Waals surface area contributed by atoms with E-state index in [9.17, 15) is 4.79 Å². The molecule has 2 aromatic rings. The van der Waals surface area contributed by atoms with E-state index in [-0.39, 0.29) is 5.91 Å². The maximum Gasteiger partial charge on any atom is 0.227 e. The van der Waals surface area contributed by atoms with Crippen molar-refractivity contribution in [2.24, 2.45) is 0 Å². The molecule has 2 nitrogen and oxygen atoms in total. The maximum absolute atomic E-state index is 12.4. The van der Waals surface area contributed by atoms with Crippen LogP contribution in [0, 0.1) is 0 Å². The molecule has 0 fully saturated rings. The summed E-state index contributed by atoms with van der Waals surface area (Å²) < 4.78 is 0. The van der Waals surface area contributed by atoms with E-state index in [1.807, 2.05) is 42.2 Å². The summed E-state index contributed by atoms with van der Waals surface area (Å²) in [5.74, 6) is 0.157. The van der Waals surface area contributed by atoms with Crippen LogP contribution in [0.4, 0.5) is 5.69 Å². The van der Waals surface area contributed by atoms with Crippen molar-refractivity contribution in [2.45, 2.75) is 26.3 Å². The molecular weight excluding hydrogens is 258 g/mol. The number of carbonyl (C=O) groups excluding carboxylic acids is 1. The molecule has 0 atom stereocenters. The second-order valence-electron chi connectivity index (χ2n) is 5.40. The summed E-state index contributed by atoms with van der Waals surface area (Å²) in [7, 11) is 0. The first-order chi connectivity index (χ1) is 10.2. The van der Waals surface area contributed by atoms with Gasteiger partial charge >= 0.3 is 0 Å². The number of rotatable bonds is 1. The Bertz CT molecular complexity index is 702. The molecule has 0 bridgehead atoms. The van der Waals surface area contributed by atoms with Crippen LogP contribution in [-0.2, 0) is 17.8 Å². The Labute approximate surface area is 125 Å². The number of amides is 1. The predicted octanol–water partition coefficient (Wildman–Crippen LogP) is 4.20. The first-order valence-corrected chi connectivity index (χ1v) is 7.35. The van der Waals surface area contributed by atoms with Crippen molar-refractivity contribution in [1.29, 1.82) is 0 Å². The molecule has 106 valence electrons. The lowest BCUT2D eigenvalue weighted by Gasteiger charge is -2.29. The van der Waals surface area contributed by atoms with E-state index in [2.05, 4.69) is 24.8 Å². The van der Waals surface area contributed by atoms with Gasteiger partial charge in [0.2, 0.25) is 5.91 Å². The lowest BCUT2D eigenvalue weighted by atomic mass is 9.92. The van der Waals surface area contributed by atoms with Gasteiger partial charge in [0.05, 0.1) is 6.54 Å². The number of allylic oxidation sites excluding steroid dienone is 1. The van der Waals surface area contributed by atoms with Crippen molar-refractivity contribution in [1.82, 2.24) is 0 Å². The third-order valence-corrected chi connectivity index (χ3v) is 4.02. The SMILES string of the molecule is C=C1Cc2ccccc2N(C(=O)CC)Cc2ccccc21. The van der Waals surface area contributed by atoms with Gasteiger partial charge in [-0.2, -0.15) is 0 Å². The third-order valence-electron chi connectivity index (χ3n) is 4.02. The molecule has 0 radical (unpaired) electrons. The summed E-state index contributed by atoms with van der Waals surface area (Å²) in [6.07, 6.45) is 1.29. The second kappa shape index (κ2) is 5.57. The Morgan fingerprint density at radius 3 is 2.52 bits per heavy atom. The third kappa shape index (κ3) is 2.49. The molecule has 1 heterocycles. The van der Waals surface area contributed by atoms with Crippen molar-refractivity contribution in [3.05, 3.63) is 71.8 Å². The summed E-state index contributed by atoms with van der Waals surface area (Å²) in [5.41, 5.74) is 5.63. The van der Waals surface area contributed by atoms with E-state index in [0.717, 1.165) is 17.7 Å². The number of nitrogens with zero attached hydrogens (tertiary/aromatic N) is 1. The van der Waals surface area contributed by atoms with E-state index >= 15 is 0 Å². The first kappa shape index (κ1) is 13.6. The van der Waals surface area contributed by atoms with Crippen LogP contribution in [-0.4, -0.2) is 5.91 Å². The number of hydrogen-bond acceptors (Lipinski definition) is 1. The molecule has 1 aliphatic heterocycles. The van der Waals surface area contributed by atoms with Gasteiger partial charge in [-0.25, -0.2) is 0 Å². The molecule has 0 saturated carbocycles. The van der Waals surface area contributed by atoms with Crippen LogP contribution in [0.2, 0.25) is 0 Å². The van der Waals surface area contributed by atoms with Crippen LogP contribution in [0.5, 0.6) is 0 Å². The zero-order chi connectivity index (χ0) is 14.8. The van der Waals surface area contributed by atoms with Crippen molar-refractivity contribution in [2.75, 3.05) is 4.90 Å². The molecule has 2 aromatic carbocycles. The highest BCUT2D eigenvalue weighted by Crippen LogP contribution is 2.32. The smallest absolute Gasteiger partial charge is 0.227 e. The van der Waals surface area contributed by atoms with Crippen LogP contribution in [0.1, 0.15) is 30.0 Å². The number of hydrogen-bond donors (Lipinski definition) is 0. The van der Waals surface area contributed by atoms with Crippen molar-refractivity contribution in [3.8, 4) is 0 Å². The van der Waals surface area contributed by atoms with Gasteiger partial charge < -0.3 is 4.90 Å². The Morgan fingerprint density at radius 2 is 1.76 bits per heavy atom. The highest BCUT2D eigenvalue weighted by atomic mass is 16.2. The molecule has 0 aliphatic carbocycles. The van der Waals surface area contributed by atoms with Crippen LogP contribution in [0.3, 0.4) is 0 Å². The molecule has 0 spiro atoms. The maximum atomic E-state index is 12.4. The molecule has 0 unspecified atom stereocenters. The fourth-order valence-corrected chi connectivity index (χ4v) is 2.92. The van der Waals surface area contributed by atoms with Gasteiger partial charge in [0.15, 0.2) is 0 Å². The van der Waals surface area contributed by atoms with E-state index in [0.29, 0.717) is 13.0 Å². The van der Waals surface area contributed by atoms with Crippen molar-refractivity contribution >= 4 is 17.2 Å². The molecule has 21 heavy (non-hydrogen) atoms. The van der Waals surface area contributed by atoms with Gasteiger partial charge in [-0.15, -0.1) is 0 Å². The average Bonchev–Trinajstić information content (AvgIpc) is 2.51. The number of benzene rings is 2. The van der Waals surface area contributed by atoms with Crippen LogP contribution >= 0.6 is 0 Å². The molecular formula is C19H19NO. The molecule has 1 aliphatic rings. The molecule has 1 amide bonds. The Balaban J connectivity index is 2.15. The molecule has 0 aromatic heterocycles. The summed E-state index contributed by atoms with van der Waals surface area (Å²) in [6, 6.07) is 16.4. The summed E-state index contributed by atoms with van der Waals surface area (Å²) in [6.45, 7) is 6.76. The van der Waals surface area contributed by atoms with E-state index in [1.54, 1.807) is 0 Å². The van der Waals surface area contributed by atoms with Gasteiger partial charge in [0.25, 0.3) is 0 Å². The highest BCUT2D eigenvalue weighted by molar-refractivity contribution is 5.95. The Kier molecular flexibility index (Phi) is 3.61. The topological polar surface area (TPSA) is 20.3 Å². The highest BCUT2D eigenvalue weighted by Gasteiger charge is 2.22. The number of anilines is 1. The van der Waals surface area contributed by atoms with Crippen molar-refractivity contribution in [3.63, 3.8) is 0 Å². The molecule has 0 N–H and O–H groups in total. The standard InChI is InChI=1S/C19H19NO/c1-3-19(21)20-13-16-9-4-6-10-17(16)14(2)12-15-8-5-7-11-18(15)20/h4-11H,2-3,12-13H2,1H3. The van der Waals surface area contributed by atoms with E-state index in [1.165, 1.54) is 16.7 Å². The Hall–Kier alpha value is -2.35. The van der Waals surface area contributed by atoms with Crippen molar-refractivity contribution < 1.29 is 4.79 Å². The van der Waals surface area contributed by atoms with Crippen LogP contribution in [0.25, 0.3) is 5.57 Å². The quantitative estimate of drug-likeness (QED) is 0.765. The minimum atomic E-state index is 0.157. The predicted molar refractivity (Wildman–Crippen MR) is 87.1 cm³/mol. The zero-order valence-electron chi connectivity index (χ0n) is 12.3. The largest absolute Gasteiger partial charge is 0.308 e. The zero-order valence-corrected chi connectivity index (χ0v) is 12.3. The normalized spacial score (nSPS) is 14.0. The summed E-state index contributed by atoms with van der Waals surface area (Å²) in [5, 5.41) is 0. The number of carbonyl (C=O) groups is 1. The minimum absolute atomic E-state index is 0.157. The van der Waals surface area contributed by atoms with Crippen LogP contribution < -0.4 is 4.90 Å². The van der Waals surface area contributed by atoms with Gasteiger partial charge in [-0.3, -0.25) is 4.79 Å². The average molecular weight is 277 g/mol. The summed E-state index contributed by atoms with van der Waals surface area (Å²) in [4.78, 5) is 14.3. The van der Waals surface area contributed by atoms with Gasteiger partial charge in [0, 0.05) is 12.1 Å². The van der Waals surface area contributed by atoms with Gasteiger partial charge in [-0.05, 0) is 34.8 Å². The molecule has 3 rings (SSSR count). The van der Waals surface area contributed by atoms with E-state index in [4.69, 9.17) is 0 Å².